The molecule has 0 aliphatic rings. The lowest BCUT2D eigenvalue weighted by Gasteiger charge is -2.26. The van der Waals surface area contributed by atoms with Gasteiger partial charge in [0.1, 0.15) is 12.1 Å². The number of hydrogen-bond donors (Lipinski definition) is 2. The number of hydrogen-bond acceptors (Lipinski definition) is 4. The van der Waals surface area contributed by atoms with E-state index in [-0.39, 0.29) is 12.0 Å². The molecule has 0 amide bonds. The van der Waals surface area contributed by atoms with Crippen molar-refractivity contribution in [1.29, 1.82) is 0 Å². The molecule has 20 heavy (non-hydrogen) atoms. The molecule has 0 saturated heterocycles. The van der Waals surface area contributed by atoms with Gasteiger partial charge in [0.25, 0.3) is 0 Å². The summed E-state index contributed by atoms with van der Waals surface area (Å²) in [6.07, 6.45) is 2.07. The van der Waals surface area contributed by atoms with Gasteiger partial charge < -0.3 is 10.4 Å². The number of halogens is 1. The SMILES string of the molecule is CC(C)(CCC(=O)O)Nc1ncnc2cc(Cl)ccc12. The molecule has 0 aliphatic carbocycles. The smallest absolute Gasteiger partial charge is 0.303 e. The second-order valence-corrected chi connectivity index (χ2v) is 5.72. The number of carbonyl (C=O) groups is 1. The van der Waals surface area contributed by atoms with E-state index in [1.54, 1.807) is 12.1 Å². The van der Waals surface area contributed by atoms with Crippen LogP contribution in [0.4, 0.5) is 5.82 Å². The van der Waals surface area contributed by atoms with Crippen LogP contribution in [0.2, 0.25) is 5.02 Å². The maximum Gasteiger partial charge on any atom is 0.303 e. The number of carboxylic acids is 1. The minimum atomic E-state index is -0.806. The number of benzene rings is 1. The lowest BCUT2D eigenvalue weighted by molar-refractivity contribution is -0.137. The first kappa shape index (κ1) is 14.5. The monoisotopic (exact) mass is 293 g/mol. The van der Waals surface area contributed by atoms with Gasteiger partial charge in [-0.25, -0.2) is 9.97 Å². The molecule has 2 aromatic rings. The summed E-state index contributed by atoms with van der Waals surface area (Å²) in [5, 5.41) is 13.5. The molecule has 5 nitrogen and oxygen atoms in total. The lowest BCUT2D eigenvalue weighted by atomic mass is 9.98. The zero-order valence-corrected chi connectivity index (χ0v) is 12.1. The van der Waals surface area contributed by atoms with Crippen molar-refractivity contribution in [3.8, 4) is 0 Å². The van der Waals surface area contributed by atoms with Crippen LogP contribution >= 0.6 is 11.6 Å². The Bertz CT molecular complexity index is 643. The van der Waals surface area contributed by atoms with Gasteiger partial charge in [-0.15, -0.1) is 0 Å². The second-order valence-electron chi connectivity index (χ2n) is 5.29. The number of nitrogens with one attached hydrogen (secondary N) is 1. The van der Waals surface area contributed by atoms with Crippen LogP contribution in [0.5, 0.6) is 0 Å². The number of fused-ring (bicyclic) bond motifs is 1. The van der Waals surface area contributed by atoms with Crippen LogP contribution in [-0.4, -0.2) is 26.6 Å². The van der Waals surface area contributed by atoms with Crippen molar-refractivity contribution in [2.24, 2.45) is 0 Å². The third-order valence-corrected chi connectivity index (χ3v) is 3.25. The van der Waals surface area contributed by atoms with Crippen LogP contribution in [0.3, 0.4) is 0 Å². The molecule has 0 radical (unpaired) electrons. The maximum atomic E-state index is 10.7. The van der Waals surface area contributed by atoms with Gasteiger partial charge in [-0.05, 0) is 38.5 Å². The Kier molecular flexibility index (Phi) is 4.09. The highest BCUT2D eigenvalue weighted by Crippen LogP contribution is 2.26. The highest BCUT2D eigenvalue weighted by atomic mass is 35.5. The summed E-state index contributed by atoms with van der Waals surface area (Å²) in [6, 6.07) is 5.41. The summed E-state index contributed by atoms with van der Waals surface area (Å²) in [6.45, 7) is 3.89. The Morgan fingerprint density at radius 2 is 2.15 bits per heavy atom. The normalized spacial score (nSPS) is 11.6. The van der Waals surface area contributed by atoms with E-state index in [1.807, 2.05) is 19.9 Å². The highest BCUT2D eigenvalue weighted by Gasteiger charge is 2.20. The summed E-state index contributed by atoms with van der Waals surface area (Å²) in [5.41, 5.74) is 0.378. The summed E-state index contributed by atoms with van der Waals surface area (Å²) in [4.78, 5) is 19.1. The predicted molar refractivity (Wildman–Crippen MR) is 79.1 cm³/mol. The van der Waals surface area contributed by atoms with Gasteiger partial charge in [-0.2, -0.15) is 0 Å². The van der Waals surface area contributed by atoms with E-state index in [0.717, 1.165) is 10.9 Å². The minimum Gasteiger partial charge on any atom is -0.481 e. The van der Waals surface area contributed by atoms with E-state index in [9.17, 15) is 4.79 Å². The molecule has 2 N–H and O–H groups in total. The van der Waals surface area contributed by atoms with Gasteiger partial charge >= 0.3 is 5.97 Å². The molecule has 1 aromatic heterocycles. The zero-order valence-electron chi connectivity index (χ0n) is 11.4. The predicted octanol–water partition coefficient (Wildman–Crippen LogP) is 3.34. The van der Waals surface area contributed by atoms with Gasteiger partial charge in [-0.1, -0.05) is 11.6 Å². The van der Waals surface area contributed by atoms with E-state index in [2.05, 4.69) is 15.3 Å². The fraction of sp³-hybridized carbons (Fsp3) is 0.357. The fourth-order valence-corrected chi connectivity index (χ4v) is 2.10. The average Bonchev–Trinajstić information content (AvgIpc) is 2.36. The van der Waals surface area contributed by atoms with E-state index in [0.29, 0.717) is 17.3 Å². The molecule has 0 atom stereocenters. The molecular formula is C14H16ClN3O2. The van der Waals surface area contributed by atoms with E-state index >= 15 is 0 Å². The largest absolute Gasteiger partial charge is 0.481 e. The van der Waals surface area contributed by atoms with E-state index in [1.165, 1.54) is 6.33 Å². The minimum absolute atomic E-state index is 0.106. The number of aliphatic carboxylic acids is 1. The number of aromatic nitrogens is 2. The Balaban J connectivity index is 2.27. The molecule has 0 spiro atoms. The first-order valence-electron chi connectivity index (χ1n) is 6.28. The molecule has 2 rings (SSSR count). The van der Waals surface area contributed by atoms with Crippen molar-refractivity contribution in [2.45, 2.75) is 32.2 Å². The molecular weight excluding hydrogens is 278 g/mol. The number of rotatable bonds is 5. The Morgan fingerprint density at radius 3 is 2.85 bits per heavy atom. The van der Waals surface area contributed by atoms with Gasteiger partial charge in [-0.3, -0.25) is 4.79 Å². The van der Waals surface area contributed by atoms with Crippen molar-refractivity contribution >= 4 is 34.3 Å². The topological polar surface area (TPSA) is 75.1 Å². The third kappa shape index (κ3) is 3.57. The van der Waals surface area contributed by atoms with Crippen LogP contribution in [-0.2, 0) is 4.79 Å². The molecule has 0 fully saturated rings. The maximum absolute atomic E-state index is 10.7. The Labute approximate surface area is 122 Å². The van der Waals surface area contributed by atoms with Crippen LogP contribution in [0.25, 0.3) is 10.9 Å². The number of anilines is 1. The average molecular weight is 294 g/mol. The van der Waals surface area contributed by atoms with Crippen molar-refractivity contribution in [3.05, 3.63) is 29.5 Å². The van der Waals surface area contributed by atoms with Crippen LogP contribution in [0.1, 0.15) is 26.7 Å². The molecule has 0 saturated carbocycles. The molecule has 1 heterocycles. The first-order valence-corrected chi connectivity index (χ1v) is 6.65. The first-order chi connectivity index (χ1) is 9.37. The lowest BCUT2D eigenvalue weighted by Crippen LogP contribution is -2.32. The van der Waals surface area contributed by atoms with Crippen molar-refractivity contribution < 1.29 is 9.90 Å². The van der Waals surface area contributed by atoms with Gasteiger partial charge in [0.05, 0.1) is 5.52 Å². The second kappa shape index (κ2) is 5.63. The molecule has 106 valence electrons. The molecule has 0 bridgehead atoms. The molecule has 0 unspecified atom stereocenters. The summed E-state index contributed by atoms with van der Waals surface area (Å²) in [5.74, 6) is -0.124. The molecule has 0 aliphatic heterocycles. The van der Waals surface area contributed by atoms with Gasteiger partial charge in [0, 0.05) is 22.4 Å². The highest BCUT2D eigenvalue weighted by molar-refractivity contribution is 6.31. The zero-order chi connectivity index (χ0) is 14.8. The fourth-order valence-electron chi connectivity index (χ4n) is 1.93. The third-order valence-electron chi connectivity index (χ3n) is 3.02. The quantitative estimate of drug-likeness (QED) is 0.884. The van der Waals surface area contributed by atoms with Crippen LogP contribution < -0.4 is 5.32 Å². The van der Waals surface area contributed by atoms with Crippen molar-refractivity contribution in [3.63, 3.8) is 0 Å². The van der Waals surface area contributed by atoms with Crippen molar-refractivity contribution in [2.75, 3.05) is 5.32 Å². The standard InChI is InChI=1S/C14H16ClN3O2/c1-14(2,6-5-12(19)20)18-13-10-4-3-9(15)7-11(10)16-8-17-13/h3-4,7-8H,5-6H2,1-2H3,(H,19,20)(H,16,17,18). The molecule has 6 heteroatoms. The van der Waals surface area contributed by atoms with Gasteiger partial charge in [0.15, 0.2) is 0 Å². The summed E-state index contributed by atoms with van der Waals surface area (Å²) >= 11 is 5.94. The number of carboxylic acid groups (broad SMARTS) is 1. The van der Waals surface area contributed by atoms with Gasteiger partial charge in [0.2, 0.25) is 0 Å². The van der Waals surface area contributed by atoms with Crippen LogP contribution in [0, 0.1) is 0 Å². The summed E-state index contributed by atoms with van der Waals surface area (Å²) in [7, 11) is 0. The Hall–Kier alpha value is -1.88. The molecule has 1 aromatic carbocycles. The van der Waals surface area contributed by atoms with Crippen molar-refractivity contribution in [1.82, 2.24) is 9.97 Å². The Morgan fingerprint density at radius 1 is 1.40 bits per heavy atom. The van der Waals surface area contributed by atoms with Crippen LogP contribution in [0.15, 0.2) is 24.5 Å². The van der Waals surface area contributed by atoms with E-state index in [4.69, 9.17) is 16.7 Å². The number of nitrogens with zero attached hydrogens (tertiary/aromatic N) is 2. The summed E-state index contributed by atoms with van der Waals surface area (Å²) < 4.78 is 0. The van der Waals surface area contributed by atoms with E-state index < -0.39 is 5.97 Å².